The Hall–Kier alpha value is -3.68. The normalized spacial score (nSPS) is 18.2. The van der Waals surface area contributed by atoms with Crippen molar-refractivity contribution in [3.8, 4) is 17.2 Å². The molecule has 2 aromatic heterocycles. The predicted molar refractivity (Wildman–Crippen MR) is 183 cm³/mol. The number of thiazole rings is 2. The van der Waals surface area contributed by atoms with E-state index in [0.717, 1.165) is 75.9 Å². The average molecular weight is 725 g/mol. The highest BCUT2D eigenvalue weighted by atomic mass is 79.9. The van der Waals surface area contributed by atoms with Crippen LogP contribution in [0, 0.1) is 0 Å². The molecule has 3 fully saturated rings. The number of benzene rings is 2. The van der Waals surface area contributed by atoms with Gasteiger partial charge in [0.25, 0.3) is 0 Å². The van der Waals surface area contributed by atoms with Crippen LogP contribution in [0.1, 0.15) is 56.1 Å². The number of piperidine rings is 1. The molecule has 2 amide bonds. The number of anilines is 3. The minimum Gasteiger partial charge on any atom is -0.497 e. The van der Waals surface area contributed by atoms with Crippen LogP contribution in [-0.2, 0) is 20.4 Å². The zero-order valence-corrected chi connectivity index (χ0v) is 28.6. The Morgan fingerprint density at radius 2 is 1.43 bits per heavy atom. The second-order valence-corrected chi connectivity index (χ2v) is 15.3. The van der Waals surface area contributed by atoms with Crippen molar-refractivity contribution in [2.45, 2.75) is 55.8 Å². The number of hydrogen-bond acceptors (Lipinski definition) is 10. The Morgan fingerprint density at radius 1 is 0.826 bits per heavy atom. The van der Waals surface area contributed by atoms with Crippen molar-refractivity contribution in [2.24, 2.45) is 0 Å². The lowest BCUT2D eigenvalue weighted by molar-refractivity contribution is -0.119. The predicted octanol–water partition coefficient (Wildman–Crippen LogP) is 7.12. The number of amides is 2. The first-order valence-corrected chi connectivity index (χ1v) is 17.8. The second kappa shape index (κ2) is 12.8. The highest BCUT2D eigenvalue weighted by molar-refractivity contribution is 9.11. The van der Waals surface area contributed by atoms with Crippen LogP contribution in [0.15, 0.2) is 58.6 Å². The maximum Gasteiger partial charge on any atom is 0.236 e. The van der Waals surface area contributed by atoms with Gasteiger partial charge in [-0.1, -0.05) is 40.9 Å². The Balaban J connectivity index is 0.000000152. The molecule has 240 valence electrons. The van der Waals surface area contributed by atoms with Crippen molar-refractivity contribution in [2.75, 3.05) is 42.5 Å². The summed E-state index contributed by atoms with van der Waals surface area (Å²) < 4.78 is 16.9. The van der Waals surface area contributed by atoms with Gasteiger partial charge >= 0.3 is 0 Å². The third kappa shape index (κ3) is 6.32. The Morgan fingerprint density at radius 3 is 2.07 bits per heavy atom. The number of nitrogens with zero attached hydrogens (tertiary/aromatic N) is 3. The summed E-state index contributed by atoms with van der Waals surface area (Å²) in [5.74, 6) is 2.31. The summed E-state index contributed by atoms with van der Waals surface area (Å²) >= 11 is 6.32. The molecule has 1 saturated heterocycles. The Labute approximate surface area is 283 Å². The van der Waals surface area contributed by atoms with Gasteiger partial charge in [0.15, 0.2) is 21.8 Å². The van der Waals surface area contributed by atoms with Crippen LogP contribution in [0.2, 0.25) is 0 Å². The van der Waals surface area contributed by atoms with E-state index in [1.54, 1.807) is 24.6 Å². The zero-order chi connectivity index (χ0) is 31.7. The lowest BCUT2D eigenvalue weighted by atomic mass is 9.94. The number of nitrogens with one attached hydrogen (secondary N) is 2. The summed E-state index contributed by atoms with van der Waals surface area (Å²) in [6.45, 7) is 2.41. The molecule has 13 heteroatoms. The molecule has 4 heterocycles. The fraction of sp³-hybridized carbons (Fsp3) is 0.394. The van der Waals surface area contributed by atoms with E-state index < -0.39 is 10.8 Å². The standard InChI is InChI=1S/C19H21N3O3S.C14H13BrN2O2S/c23-17(21-18-20-11-16(26-18)22-8-2-1-3-9-22)19(6-7-19)13-4-5-14-15(10-13)25-12-24-14;1-19-10-4-2-9(3-5-10)14(6-7-14)12(18)17-13-16-8-11(15)20-13/h4-5,10-11H,1-3,6-9,12H2,(H,20,21,23);2-5,8H,6-7H2,1H3,(H,16,17,18). The molecule has 0 radical (unpaired) electrons. The summed E-state index contributed by atoms with van der Waals surface area (Å²) in [5.41, 5.74) is 1.17. The molecule has 0 unspecified atom stereocenters. The summed E-state index contributed by atoms with van der Waals surface area (Å²) in [7, 11) is 1.63. The van der Waals surface area contributed by atoms with Crippen molar-refractivity contribution in [3.05, 3.63) is 69.8 Å². The molecule has 0 atom stereocenters. The van der Waals surface area contributed by atoms with Crippen LogP contribution in [-0.4, -0.2) is 48.8 Å². The van der Waals surface area contributed by atoms with Gasteiger partial charge in [0.2, 0.25) is 18.6 Å². The number of aromatic nitrogens is 2. The van der Waals surface area contributed by atoms with Crippen LogP contribution in [0.3, 0.4) is 0 Å². The third-order valence-electron chi connectivity index (χ3n) is 9.02. The van der Waals surface area contributed by atoms with E-state index >= 15 is 0 Å². The van der Waals surface area contributed by atoms with Crippen LogP contribution in [0.25, 0.3) is 0 Å². The lowest BCUT2D eigenvalue weighted by Crippen LogP contribution is -2.28. The van der Waals surface area contributed by atoms with Crippen LogP contribution in [0.4, 0.5) is 15.3 Å². The monoisotopic (exact) mass is 723 g/mol. The smallest absolute Gasteiger partial charge is 0.236 e. The summed E-state index contributed by atoms with van der Waals surface area (Å²) in [4.78, 5) is 36.3. The van der Waals surface area contributed by atoms with E-state index in [2.05, 4.69) is 41.4 Å². The Kier molecular flexibility index (Phi) is 8.64. The number of rotatable bonds is 8. The van der Waals surface area contributed by atoms with E-state index in [4.69, 9.17) is 14.2 Å². The van der Waals surface area contributed by atoms with Crippen molar-refractivity contribution in [1.82, 2.24) is 9.97 Å². The maximum absolute atomic E-state index is 13.0. The fourth-order valence-electron chi connectivity index (χ4n) is 5.98. The molecule has 4 aromatic rings. The molecule has 0 spiro atoms. The summed E-state index contributed by atoms with van der Waals surface area (Å²) in [6, 6.07) is 13.5. The number of ether oxygens (including phenoxy) is 3. The average Bonchev–Trinajstić information content (AvgIpc) is 3.92. The molecule has 2 aromatic carbocycles. The first kappa shape index (κ1) is 30.9. The van der Waals surface area contributed by atoms with Crippen LogP contribution in [0.5, 0.6) is 17.2 Å². The van der Waals surface area contributed by atoms with Gasteiger partial charge < -0.3 is 29.7 Å². The van der Waals surface area contributed by atoms with Crippen molar-refractivity contribution in [3.63, 3.8) is 0 Å². The van der Waals surface area contributed by atoms with Gasteiger partial charge in [-0.25, -0.2) is 9.97 Å². The quantitative estimate of drug-likeness (QED) is 0.198. The van der Waals surface area contributed by atoms with E-state index in [9.17, 15) is 9.59 Å². The Bertz CT molecular complexity index is 1730. The van der Waals surface area contributed by atoms with E-state index in [0.29, 0.717) is 10.3 Å². The van der Waals surface area contributed by atoms with Crippen LogP contribution >= 0.6 is 38.6 Å². The zero-order valence-electron chi connectivity index (χ0n) is 25.3. The first-order valence-electron chi connectivity index (χ1n) is 15.4. The van der Waals surface area contributed by atoms with E-state index in [-0.39, 0.29) is 18.6 Å². The molecule has 10 nitrogen and oxygen atoms in total. The number of halogens is 1. The minimum atomic E-state index is -0.460. The van der Waals surface area contributed by atoms with E-state index in [1.165, 1.54) is 30.6 Å². The van der Waals surface area contributed by atoms with Gasteiger partial charge in [-0.2, -0.15) is 0 Å². The molecule has 46 heavy (non-hydrogen) atoms. The van der Waals surface area contributed by atoms with Crippen molar-refractivity contribution >= 4 is 65.7 Å². The van der Waals surface area contributed by atoms with Crippen LogP contribution < -0.4 is 29.7 Å². The third-order valence-corrected chi connectivity index (χ3v) is 11.4. The number of fused-ring (bicyclic) bond motifs is 1. The number of carbonyl (C=O) groups excluding carboxylic acids is 2. The molecule has 2 saturated carbocycles. The van der Waals surface area contributed by atoms with E-state index in [1.807, 2.05) is 48.7 Å². The molecule has 2 N–H and O–H groups in total. The fourth-order valence-corrected chi connectivity index (χ4v) is 7.94. The molecule has 2 aliphatic heterocycles. The highest BCUT2D eigenvalue weighted by Crippen LogP contribution is 2.51. The lowest BCUT2D eigenvalue weighted by Gasteiger charge is -2.26. The van der Waals surface area contributed by atoms with Crippen molar-refractivity contribution in [1.29, 1.82) is 0 Å². The molecular formula is C33H34BrN5O5S2. The highest BCUT2D eigenvalue weighted by Gasteiger charge is 2.52. The number of methoxy groups -OCH3 is 1. The van der Waals surface area contributed by atoms with Gasteiger partial charge in [0.05, 0.1) is 34.1 Å². The van der Waals surface area contributed by atoms with Crippen molar-refractivity contribution < 1.29 is 23.8 Å². The van der Waals surface area contributed by atoms with Gasteiger partial charge in [0.1, 0.15) is 10.8 Å². The summed E-state index contributed by atoms with van der Waals surface area (Å²) in [6.07, 6.45) is 10.8. The molecule has 4 aliphatic rings. The SMILES string of the molecule is COc1ccc(C2(C(=O)Nc3ncc(Br)s3)CC2)cc1.O=C(Nc1ncc(N2CCCCC2)s1)C1(c2ccc3c(c2)OCO3)CC1. The molecule has 0 bridgehead atoms. The summed E-state index contributed by atoms with van der Waals surface area (Å²) in [5, 5.41) is 8.40. The second-order valence-electron chi connectivity index (χ2n) is 11.9. The molecule has 2 aliphatic carbocycles. The topological polar surface area (TPSA) is 115 Å². The molecule has 8 rings (SSSR count). The number of carbonyl (C=O) groups is 2. The largest absolute Gasteiger partial charge is 0.497 e. The van der Waals surface area contributed by atoms with Gasteiger partial charge in [0, 0.05) is 13.1 Å². The van der Waals surface area contributed by atoms with Gasteiger partial charge in [-0.05, 0) is 96.3 Å². The maximum atomic E-state index is 13.0. The van der Waals surface area contributed by atoms with Gasteiger partial charge in [-0.15, -0.1) is 0 Å². The number of hydrogen-bond donors (Lipinski definition) is 2. The first-order chi connectivity index (χ1) is 22.4. The molecular weight excluding hydrogens is 690 g/mol. The van der Waals surface area contributed by atoms with Gasteiger partial charge in [-0.3, -0.25) is 9.59 Å². The minimum absolute atomic E-state index is 0.0181.